The summed E-state index contributed by atoms with van der Waals surface area (Å²) in [6.07, 6.45) is 2.84. The lowest BCUT2D eigenvalue weighted by Crippen LogP contribution is -2.33. The van der Waals surface area contributed by atoms with Crippen molar-refractivity contribution >= 4 is 48.8 Å². The highest BCUT2D eigenvalue weighted by molar-refractivity contribution is 8.13. The molecule has 1 aromatic rings. The summed E-state index contributed by atoms with van der Waals surface area (Å²) in [5.41, 5.74) is 0.0166. The zero-order valence-electron chi connectivity index (χ0n) is 11.2. The third kappa shape index (κ3) is 4.03. The van der Waals surface area contributed by atoms with Crippen molar-refractivity contribution in [1.82, 2.24) is 5.32 Å². The molecule has 1 amide bonds. The first-order valence-electron chi connectivity index (χ1n) is 6.43. The number of carbonyl (C=O) groups is 1. The number of amides is 1. The van der Waals surface area contributed by atoms with Gasteiger partial charge in [0.1, 0.15) is 4.90 Å². The highest BCUT2D eigenvalue weighted by Gasteiger charge is 2.26. The van der Waals surface area contributed by atoms with Crippen LogP contribution in [-0.4, -0.2) is 20.4 Å². The van der Waals surface area contributed by atoms with E-state index in [-0.39, 0.29) is 26.5 Å². The summed E-state index contributed by atoms with van der Waals surface area (Å²) in [6, 6.07) is 2.53. The molecule has 0 radical (unpaired) electrons. The molecule has 0 spiro atoms. The van der Waals surface area contributed by atoms with Gasteiger partial charge in [-0.25, -0.2) is 8.42 Å². The zero-order valence-corrected chi connectivity index (χ0v) is 14.3. The molecule has 1 aliphatic carbocycles. The first kappa shape index (κ1) is 16.9. The van der Waals surface area contributed by atoms with Crippen LogP contribution in [0.1, 0.15) is 36.5 Å². The van der Waals surface area contributed by atoms with Crippen LogP contribution in [0.5, 0.6) is 0 Å². The summed E-state index contributed by atoms with van der Waals surface area (Å²) in [6.45, 7) is 2.12. The van der Waals surface area contributed by atoms with Gasteiger partial charge in [-0.1, -0.05) is 30.1 Å². The average molecular weight is 371 g/mol. The van der Waals surface area contributed by atoms with Crippen LogP contribution in [0.4, 0.5) is 0 Å². The van der Waals surface area contributed by atoms with E-state index in [9.17, 15) is 13.2 Å². The second-order valence-electron chi connectivity index (χ2n) is 5.29. The summed E-state index contributed by atoms with van der Waals surface area (Å²) in [5, 5.41) is 2.73. The van der Waals surface area contributed by atoms with Gasteiger partial charge >= 0.3 is 0 Å². The molecule has 8 heteroatoms. The zero-order chi connectivity index (χ0) is 15.8. The average Bonchev–Trinajstić information content (AvgIpc) is 2.75. The molecule has 21 heavy (non-hydrogen) atoms. The fraction of sp³-hybridized carbons (Fsp3) is 0.462. The van der Waals surface area contributed by atoms with Gasteiger partial charge in [-0.05, 0) is 37.3 Å². The second kappa shape index (κ2) is 6.32. The number of hydrogen-bond acceptors (Lipinski definition) is 3. The van der Waals surface area contributed by atoms with Crippen molar-refractivity contribution in [2.75, 3.05) is 0 Å². The van der Waals surface area contributed by atoms with Crippen LogP contribution in [-0.2, 0) is 9.05 Å². The molecule has 2 rings (SSSR count). The minimum Gasteiger partial charge on any atom is -0.349 e. The molecule has 0 bridgehead atoms. The van der Waals surface area contributed by atoms with E-state index in [1.54, 1.807) is 0 Å². The van der Waals surface area contributed by atoms with Crippen molar-refractivity contribution < 1.29 is 13.2 Å². The Hall–Kier alpha value is -0.490. The molecule has 1 N–H and O–H groups in total. The number of rotatable bonds is 3. The van der Waals surface area contributed by atoms with E-state index in [2.05, 4.69) is 12.2 Å². The van der Waals surface area contributed by atoms with Crippen LogP contribution in [0.3, 0.4) is 0 Å². The van der Waals surface area contributed by atoms with Crippen molar-refractivity contribution in [3.05, 3.63) is 27.7 Å². The lowest BCUT2D eigenvalue weighted by molar-refractivity contribution is 0.0937. The van der Waals surface area contributed by atoms with E-state index in [0.29, 0.717) is 5.92 Å². The standard InChI is InChI=1S/C13H14Cl3NO3S/c1-7-2-3-9(4-7)17-13(18)10-5-8(14)6-11(12(10)15)21(16,19)20/h5-7,9H,2-4H2,1H3,(H,17,18). The van der Waals surface area contributed by atoms with E-state index in [1.807, 2.05) is 0 Å². The molecule has 1 saturated carbocycles. The minimum absolute atomic E-state index is 0.0166. The predicted octanol–water partition coefficient (Wildman–Crippen LogP) is 3.84. The van der Waals surface area contributed by atoms with Crippen LogP contribution in [0.15, 0.2) is 17.0 Å². The number of carbonyl (C=O) groups excluding carboxylic acids is 1. The first-order chi connectivity index (χ1) is 9.68. The maximum absolute atomic E-state index is 12.3. The normalized spacial score (nSPS) is 22.3. The molecule has 0 saturated heterocycles. The van der Waals surface area contributed by atoms with Crippen molar-refractivity contribution in [2.45, 2.75) is 37.1 Å². The maximum Gasteiger partial charge on any atom is 0.262 e. The molecule has 116 valence electrons. The number of halogens is 3. The molecule has 1 aliphatic rings. The Bertz CT molecular complexity index is 675. The van der Waals surface area contributed by atoms with Crippen molar-refractivity contribution in [3.63, 3.8) is 0 Å². The fourth-order valence-corrected chi connectivity index (χ4v) is 4.37. The van der Waals surface area contributed by atoms with Crippen LogP contribution >= 0.6 is 33.9 Å². The Morgan fingerprint density at radius 3 is 2.48 bits per heavy atom. The number of benzene rings is 1. The van der Waals surface area contributed by atoms with Crippen LogP contribution in [0, 0.1) is 5.92 Å². The molecule has 0 heterocycles. The van der Waals surface area contributed by atoms with E-state index in [4.69, 9.17) is 33.9 Å². The lowest BCUT2D eigenvalue weighted by Gasteiger charge is -2.14. The molecule has 0 aromatic heterocycles. The highest BCUT2D eigenvalue weighted by Crippen LogP contribution is 2.32. The van der Waals surface area contributed by atoms with E-state index in [0.717, 1.165) is 25.3 Å². The van der Waals surface area contributed by atoms with Gasteiger partial charge in [-0.3, -0.25) is 4.79 Å². The van der Waals surface area contributed by atoms with Gasteiger partial charge in [0, 0.05) is 21.7 Å². The smallest absolute Gasteiger partial charge is 0.262 e. The lowest BCUT2D eigenvalue weighted by atomic mass is 10.1. The summed E-state index contributed by atoms with van der Waals surface area (Å²) in [4.78, 5) is 11.9. The molecule has 1 aromatic carbocycles. The predicted molar refractivity (Wildman–Crippen MR) is 83.8 cm³/mol. The van der Waals surface area contributed by atoms with E-state index < -0.39 is 15.0 Å². The largest absolute Gasteiger partial charge is 0.349 e. The van der Waals surface area contributed by atoms with Crippen LogP contribution in [0.2, 0.25) is 10.0 Å². The Balaban J connectivity index is 2.31. The minimum atomic E-state index is -4.07. The van der Waals surface area contributed by atoms with Gasteiger partial charge < -0.3 is 5.32 Å². The summed E-state index contributed by atoms with van der Waals surface area (Å²) in [7, 11) is 1.23. The van der Waals surface area contributed by atoms with E-state index in [1.165, 1.54) is 6.07 Å². The molecular formula is C13H14Cl3NO3S. The van der Waals surface area contributed by atoms with Gasteiger partial charge in [-0.15, -0.1) is 0 Å². The molecular weight excluding hydrogens is 357 g/mol. The first-order valence-corrected chi connectivity index (χ1v) is 9.49. The van der Waals surface area contributed by atoms with Crippen molar-refractivity contribution in [1.29, 1.82) is 0 Å². The number of nitrogens with one attached hydrogen (secondary N) is 1. The summed E-state index contributed by atoms with van der Waals surface area (Å²) < 4.78 is 22.9. The van der Waals surface area contributed by atoms with Gasteiger partial charge in [0.2, 0.25) is 0 Å². The Morgan fingerprint density at radius 1 is 1.29 bits per heavy atom. The molecule has 0 aliphatic heterocycles. The SMILES string of the molecule is CC1CCC(NC(=O)c2cc(Cl)cc(S(=O)(=O)Cl)c2Cl)C1. The van der Waals surface area contributed by atoms with Gasteiger partial charge in [0.15, 0.2) is 0 Å². The summed E-state index contributed by atoms with van der Waals surface area (Å²) in [5.74, 6) is 0.118. The molecule has 2 atom stereocenters. The van der Waals surface area contributed by atoms with Gasteiger partial charge in [0.05, 0.1) is 10.6 Å². The molecule has 1 fully saturated rings. The van der Waals surface area contributed by atoms with Gasteiger partial charge in [0.25, 0.3) is 15.0 Å². The van der Waals surface area contributed by atoms with Crippen molar-refractivity contribution in [2.24, 2.45) is 5.92 Å². The topological polar surface area (TPSA) is 63.2 Å². The highest BCUT2D eigenvalue weighted by atomic mass is 35.7. The quantitative estimate of drug-likeness (QED) is 0.822. The Kier molecular flexibility index (Phi) is 5.08. The third-order valence-corrected chi connectivity index (χ3v) is 5.62. The maximum atomic E-state index is 12.3. The fourth-order valence-electron chi connectivity index (χ4n) is 2.51. The van der Waals surface area contributed by atoms with E-state index >= 15 is 0 Å². The Morgan fingerprint density at radius 2 is 1.95 bits per heavy atom. The second-order valence-corrected chi connectivity index (χ2v) is 8.64. The van der Waals surface area contributed by atoms with Crippen LogP contribution < -0.4 is 5.32 Å². The molecule has 4 nitrogen and oxygen atoms in total. The summed E-state index contributed by atoms with van der Waals surface area (Å²) >= 11 is 11.8. The van der Waals surface area contributed by atoms with Crippen LogP contribution in [0.25, 0.3) is 0 Å². The molecule has 2 unspecified atom stereocenters. The Labute approximate surface area is 138 Å². The van der Waals surface area contributed by atoms with Gasteiger partial charge in [-0.2, -0.15) is 0 Å². The monoisotopic (exact) mass is 369 g/mol. The number of hydrogen-bond donors (Lipinski definition) is 1. The van der Waals surface area contributed by atoms with Crippen molar-refractivity contribution in [3.8, 4) is 0 Å². The third-order valence-electron chi connectivity index (χ3n) is 3.54.